The van der Waals surface area contributed by atoms with Gasteiger partial charge in [0.25, 0.3) is 0 Å². The zero-order valence-electron chi connectivity index (χ0n) is 16.9. The highest BCUT2D eigenvalue weighted by atomic mass is 35.5. The van der Waals surface area contributed by atoms with E-state index in [1.807, 2.05) is 26.8 Å². The van der Waals surface area contributed by atoms with Crippen LogP contribution >= 0.6 is 23.4 Å². The maximum atomic E-state index is 12.1. The number of hydrogen-bond donors (Lipinski definition) is 2. The number of hydrogen-bond acceptors (Lipinski definition) is 4. The van der Waals surface area contributed by atoms with Gasteiger partial charge >= 0.3 is 0 Å². The van der Waals surface area contributed by atoms with Crippen LogP contribution < -0.4 is 10.6 Å². The summed E-state index contributed by atoms with van der Waals surface area (Å²) in [5, 5.41) is 7.79. The number of benzene rings is 2. The van der Waals surface area contributed by atoms with Gasteiger partial charge in [0.2, 0.25) is 0 Å². The number of ketones is 1. The van der Waals surface area contributed by atoms with Crippen molar-refractivity contribution in [1.29, 1.82) is 0 Å². The summed E-state index contributed by atoms with van der Waals surface area (Å²) >= 11 is 8.10. The van der Waals surface area contributed by atoms with E-state index in [0.717, 1.165) is 48.1 Å². The zero-order chi connectivity index (χ0) is 20.1. The van der Waals surface area contributed by atoms with Gasteiger partial charge in [0.15, 0.2) is 0 Å². The smallest absolute Gasteiger partial charge is 0.148 e. The molecule has 0 bridgehead atoms. The molecule has 0 saturated carbocycles. The van der Waals surface area contributed by atoms with Crippen LogP contribution in [-0.4, -0.2) is 24.6 Å². The Hall–Kier alpha value is -1.49. The molecule has 2 aromatic carbocycles. The summed E-state index contributed by atoms with van der Waals surface area (Å²) in [5.74, 6) is 0.790. The number of fused-ring (bicyclic) bond motifs is 1. The van der Waals surface area contributed by atoms with Gasteiger partial charge in [-0.1, -0.05) is 50.6 Å². The molecule has 28 heavy (non-hydrogen) atoms. The summed E-state index contributed by atoms with van der Waals surface area (Å²) in [6, 6.07) is 12.6. The molecule has 1 aliphatic heterocycles. The minimum atomic E-state index is -0.278. The lowest BCUT2D eigenvalue weighted by atomic mass is 9.92. The summed E-state index contributed by atoms with van der Waals surface area (Å²) in [7, 11) is 0. The van der Waals surface area contributed by atoms with Gasteiger partial charge in [-0.05, 0) is 60.8 Å². The summed E-state index contributed by atoms with van der Waals surface area (Å²) in [5.41, 5.74) is 4.71. The fraction of sp³-hybridized carbons (Fsp3) is 0.435. The SMILES string of the molecule is CC(C)(C)C(=O)CSc1ccc(CNc2c(Cl)ccc3c2CCNCC3)cc1. The molecule has 0 amide bonds. The van der Waals surface area contributed by atoms with Gasteiger partial charge < -0.3 is 10.6 Å². The Morgan fingerprint density at radius 2 is 1.82 bits per heavy atom. The number of rotatable bonds is 6. The van der Waals surface area contributed by atoms with Gasteiger partial charge in [0, 0.05) is 16.9 Å². The zero-order valence-corrected chi connectivity index (χ0v) is 18.5. The molecule has 5 heteroatoms. The Labute approximate surface area is 177 Å². The van der Waals surface area contributed by atoms with E-state index < -0.39 is 0 Å². The van der Waals surface area contributed by atoms with E-state index in [0.29, 0.717) is 5.75 Å². The van der Waals surface area contributed by atoms with Crippen molar-refractivity contribution in [2.24, 2.45) is 5.41 Å². The number of nitrogens with one attached hydrogen (secondary N) is 2. The molecule has 0 atom stereocenters. The Kier molecular flexibility index (Phi) is 7.08. The predicted octanol–water partition coefficient (Wildman–Crippen LogP) is 5.35. The standard InChI is InChI=1S/C23H29ClN2OS/c1-23(2,3)21(27)15-28-18-7-4-16(5-8-18)14-26-22-19-11-13-25-12-10-17(19)6-9-20(22)24/h4-9,25-26H,10-15H2,1-3H3. The molecule has 0 aliphatic carbocycles. The average molecular weight is 417 g/mol. The molecule has 0 spiro atoms. The Morgan fingerprint density at radius 3 is 2.54 bits per heavy atom. The lowest BCUT2D eigenvalue weighted by molar-refractivity contribution is -0.123. The van der Waals surface area contributed by atoms with E-state index in [1.54, 1.807) is 11.8 Å². The molecule has 0 aromatic heterocycles. The highest BCUT2D eigenvalue weighted by molar-refractivity contribution is 8.00. The van der Waals surface area contributed by atoms with Crippen LogP contribution in [0, 0.1) is 5.41 Å². The first-order chi connectivity index (χ1) is 13.3. The van der Waals surface area contributed by atoms with Gasteiger partial charge in [-0.15, -0.1) is 11.8 Å². The lowest BCUT2D eigenvalue weighted by Crippen LogP contribution is -2.21. The second kappa shape index (κ2) is 9.34. The van der Waals surface area contributed by atoms with Crippen LogP contribution in [0.5, 0.6) is 0 Å². The number of carbonyl (C=O) groups excluding carboxylic acids is 1. The van der Waals surface area contributed by atoms with Crippen molar-refractivity contribution in [2.75, 3.05) is 24.2 Å². The molecule has 0 fully saturated rings. The number of halogens is 1. The van der Waals surface area contributed by atoms with E-state index in [2.05, 4.69) is 41.0 Å². The first-order valence-electron chi connectivity index (χ1n) is 9.84. The van der Waals surface area contributed by atoms with Crippen molar-refractivity contribution in [3.63, 3.8) is 0 Å². The average Bonchev–Trinajstić information content (AvgIpc) is 2.91. The van der Waals surface area contributed by atoms with Gasteiger partial charge in [-0.2, -0.15) is 0 Å². The maximum absolute atomic E-state index is 12.1. The minimum absolute atomic E-state index is 0.275. The quantitative estimate of drug-likeness (QED) is 0.623. The maximum Gasteiger partial charge on any atom is 0.148 e. The molecular weight excluding hydrogens is 388 g/mol. The third-order valence-electron chi connectivity index (χ3n) is 5.08. The highest BCUT2D eigenvalue weighted by Gasteiger charge is 2.20. The Balaban J connectivity index is 1.62. The molecular formula is C23H29ClN2OS. The van der Waals surface area contributed by atoms with Crippen LogP contribution in [-0.2, 0) is 24.2 Å². The first-order valence-corrected chi connectivity index (χ1v) is 11.2. The molecule has 3 rings (SSSR count). The van der Waals surface area contributed by atoms with Crippen LogP contribution in [0.4, 0.5) is 5.69 Å². The molecule has 0 saturated heterocycles. The van der Waals surface area contributed by atoms with E-state index in [9.17, 15) is 4.79 Å². The van der Waals surface area contributed by atoms with Crippen molar-refractivity contribution >= 4 is 34.8 Å². The molecule has 0 radical (unpaired) electrons. The minimum Gasteiger partial charge on any atom is -0.380 e. The van der Waals surface area contributed by atoms with Gasteiger partial charge in [0.1, 0.15) is 5.78 Å². The Bertz CT molecular complexity index is 828. The number of carbonyl (C=O) groups is 1. The second-order valence-electron chi connectivity index (χ2n) is 8.27. The fourth-order valence-corrected chi connectivity index (χ4v) is 4.50. The van der Waals surface area contributed by atoms with Crippen molar-refractivity contribution < 1.29 is 4.79 Å². The van der Waals surface area contributed by atoms with Gasteiger partial charge in [-0.25, -0.2) is 0 Å². The van der Waals surface area contributed by atoms with Crippen molar-refractivity contribution in [3.8, 4) is 0 Å². The second-order valence-corrected chi connectivity index (χ2v) is 9.73. The van der Waals surface area contributed by atoms with Gasteiger partial charge in [0.05, 0.1) is 16.5 Å². The third-order valence-corrected chi connectivity index (χ3v) is 6.41. The van der Waals surface area contributed by atoms with E-state index in [1.165, 1.54) is 16.7 Å². The molecule has 0 unspecified atom stereocenters. The first kappa shape index (κ1) is 21.2. The van der Waals surface area contributed by atoms with Crippen molar-refractivity contribution in [1.82, 2.24) is 5.32 Å². The number of anilines is 1. The van der Waals surface area contributed by atoms with E-state index in [4.69, 9.17) is 11.6 Å². The summed E-state index contributed by atoms with van der Waals surface area (Å²) in [6.07, 6.45) is 2.04. The summed E-state index contributed by atoms with van der Waals surface area (Å²) in [6.45, 7) is 8.64. The summed E-state index contributed by atoms with van der Waals surface area (Å²) in [4.78, 5) is 13.2. The molecule has 1 heterocycles. The number of Topliss-reactive ketones (excluding diaryl/α,β-unsaturated/α-hetero) is 1. The van der Waals surface area contributed by atoms with Crippen LogP contribution in [0.3, 0.4) is 0 Å². The van der Waals surface area contributed by atoms with E-state index >= 15 is 0 Å². The topological polar surface area (TPSA) is 41.1 Å². The molecule has 2 N–H and O–H groups in total. The van der Waals surface area contributed by atoms with Gasteiger partial charge in [-0.3, -0.25) is 4.79 Å². The lowest BCUT2D eigenvalue weighted by Gasteiger charge is -2.17. The largest absolute Gasteiger partial charge is 0.380 e. The molecule has 2 aromatic rings. The normalized spacial score (nSPS) is 14.3. The van der Waals surface area contributed by atoms with Crippen LogP contribution in [0.1, 0.15) is 37.5 Å². The van der Waals surface area contributed by atoms with Crippen LogP contribution in [0.25, 0.3) is 0 Å². The molecule has 150 valence electrons. The van der Waals surface area contributed by atoms with Crippen molar-refractivity contribution in [2.45, 2.75) is 45.1 Å². The summed E-state index contributed by atoms with van der Waals surface area (Å²) < 4.78 is 0. The van der Waals surface area contributed by atoms with Crippen LogP contribution in [0.15, 0.2) is 41.3 Å². The molecule has 3 nitrogen and oxygen atoms in total. The fourth-order valence-electron chi connectivity index (χ4n) is 3.19. The van der Waals surface area contributed by atoms with Crippen LogP contribution in [0.2, 0.25) is 5.02 Å². The Morgan fingerprint density at radius 1 is 1.11 bits per heavy atom. The van der Waals surface area contributed by atoms with E-state index in [-0.39, 0.29) is 11.2 Å². The van der Waals surface area contributed by atoms with Crippen molar-refractivity contribution in [3.05, 3.63) is 58.1 Å². The highest BCUT2D eigenvalue weighted by Crippen LogP contribution is 2.31. The number of thioether (sulfide) groups is 1. The third kappa shape index (κ3) is 5.53. The monoisotopic (exact) mass is 416 g/mol. The molecule has 1 aliphatic rings. The predicted molar refractivity (Wildman–Crippen MR) is 121 cm³/mol.